The number of hydrogen-bond acceptors (Lipinski definition) is 4. The van der Waals surface area contributed by atoms with Crippen molar-refractivity contribution in [1.82, 2.24) is 20.1 Å². The number of aromatic amines is 1. The zero-order valence-electron chi connectivity index (χ0n) is 10.8. The third-order valence-corrected chi connectivity index (χ3v) is 3.67. The number of piperidine rings is 1. The first-order valence-corrected chi connectivity index (χ1v) is 6.36. The Bertz CT molecular complexity index is 610. The van der Waals surface area contributed by atoms with Crippen LogP contribution in [0.2, 0.25) is 0 Å². The summed E-state index contributed by atoms with van der Waals surface area (Å²) < 4.78 is 0. The van der Waals surface area contributed by atoms with Crippen LogP contribution in [0, 0.1) is 0 Å². The topological polar surface area (TPSA) is 82.1 Å². The maximum Gasteiger partial charge on any atom is 0.272 e. The van der Waals surface area contributed by atoms with E-state index in [9.17, 15) is 9.90 Å². The van der Waals surface area contributed by atoms with E-state index in [1.54, 1.807) is 23.4 Å². The predicted octanol–water partition coefficient (Wildman–Crippen LogP) is 0.945. The van der Waals surface area contributed by atoms with Gasteiger partial charge in [0.1, 0.15) is 5.69 Å². The summed E-state index contributed by atoms with van der Waals surface area (Å²) in [6.45, 7) is 2.94. The molecule has 0 aliphatic carbocycles. The molecule has 2 aromatic heterocycles. The summed E-state index contributed by atoms with van der Waals surface area (Å²) in [6.07, 6.45) is 4.52. The fourth-order valence-electron chi connectivity index (χ4n) is 2.31. The van der Waals surface area contributed by atoms with E-state index < -0.39 is 5.60 Å². The Hall–Kier alpha value is -1.95. The van der Waals surface area contributed by atoms with Gasteiger partial charge in [-0.2, -0.15) is 5.10 Å². The Balaban J connectivity index is 1.80. The van der Waals surface area contributed by atoms with Gasteiger partial charge in [0.25, 0.3) is 5.91 Å². The van der Waals surface area contributed by atoms with Gasteiger partial charge < -0.3 is 10.0 Å². The molecular formula is C13H16N4O2. The molecule has 6 heteroatoms. The van der Waals surface area contributed by atoms with E-state index in [0.717, 1.165) is 10.9 Å². The van der Waals surface area contributed by atoms with Gasteiger partial charge in [-0.05, 0) is 25.8 Å². The lowest BCUT2D eigenvalue weighted by Crippen LogP contribution is -2.45. The molecule has 0 spiro atoms. The first-order chi connectivity index (χ1) is 9.05. The highest BCUT2D eigenvalue weighted by Crippen LogP contribution is 2.22. The van der Waals surface area contributed by atoms with Gasteiger partial charge in [-0.25, -0.2) is 0 Å². The third kappa shape index (κ3) is 2.31. The zero-order chi connectivity index (χ0) is 13.5. The number of likely N-dealkylation sites (tertiary alicyclic amines) is 1. The minimum atomic E-state index is -0.655. The average Bonchev–Trinajstić information content (AvgIpc) is 2.85. The quantitative estimate of drug-likeness (QED) is 0.799. The molecule has 0 saturated carbocycles. The molecule has 1 fully saturated rings. The van der Waals surface area contributed by atoms with Gasteiger partial charge in [0.05, 0.1) is 17.3 Å². The molecule has 1 aliphatic rings. The maximum atomic E-state index is 12.3. The molecule has 3 heterocycles. The fourth-order valence-corrected chi connectivity index (χ4v) is 2.31. The van der Waals surface area contributed by atoms with Crippen molar-refractivity contribution in [1.29, 1.82) is 0 Å². The molecule has 0 unspecified atom stereocenters. The summed E-state index contributed by atoms with van der Waals surface area (Å²) >= 11 is 0. The summed E-state index contributed by atoms with van der Waals surface area (Å²) in [5, 5.41) is 17.5. The van der Waals surface area contributed by atoms with E-state index in [-0.39, 0.29) is 5.91 Å². The van der Waals surface area contributed by atoms with Crippen molar-refractivity contribution in [2.45, 2.75) is 25.4 Å². The van der Waals surface area contributed by atoms with Crippen LogP contribution in [0.15, 0.2) is 18.5 Å². The molecule has 2 N–H and O–H groups in total. The molecule has 1 saturated heterocycles. The van der Waals surface area contributed by atoms with E-state index in [2.05, 4.69) is 15.2 Å². The minimum absolute atomic E-state index is 0.0907. The third-order valence-electron chi connectivity index (χ3n) is 3.67. The number of pyridine rings is 1. The Morgan fingerprint density at radius 1 is 1.42 bits per heavy atom. The van der Waals surface area contributed by atoms with Gasteiger partial charge in [0.2, 0.25) is 0 Å². The zero-order valence-corrected chi connectivity index (χ0v) is 10.8. The Labute approximate surface area is 110 Å². The SMILES string of the molecule is CC1(O)CCN(C(=O)c2cc3[nH]ncc3cn2)CC1. The second-order valence-corrected chi connectivity index (χ2v) is 5.32. The van der Waals surface area contributed by atoms with Crippen molar-refractivity contribution in [2.24, 2.45) is 0 Å². The van der Waals surface area contributed by atoms with Crippen LogP contribution in [0.25, 0.3) is 10.9 Å². The van der Waals surface area contributed by atoms with Crippen molar-refractivity contribution >= 4 is 16.8 Å². The van der Waals surface area contributed by atoms with Crippen LogP contribution in [0.3, 0.4) is 0 Å². The van der Waals surface area contributed by atoms with Crippen LogP contribution < -0.4 is 0 Å². The highest BCUT2D eigenvalue weighted by molar-refractivity contribution is 5.95. The summed E-state index contributed by atoms with van der Waals surface area (Å²) in [7, 11) is 0. The fraction of sp³-hybridized carbons (Fsp3) is 0.462. The van der Waals surface area contributed by atoms with Crippen molar-refractivity contribution in [2.75, 3.05) is 13.1 Å². The number of aromatic nitrogens is 3. The van der Waals surface area contributed by atoms with Gasteiger partial charge >= 0.3 is 0 Å². The van der Waals surface area contributed by atoms with Gasteiger partial charge in [-0.1, -0.05) is 0 Å². The van der Waals surface area contributed by atoms with Crippen LogP contribution in [0.5, 0.6) is 0 Å². The second kappa shape index (κ2) is 4.31. The van der Waals surface area contributed by atoms with Crippen molar-refractivity contribution in [3.05, 3.63) is 24.2 Å². The number of aliphatic hydroxyl groups is 1. The number of fused-ring (bicyclic) bond motifs is 1. The van der Waals surface area contributed by atoms with Gasteiger partial charge in [-0.3, -0.25) is 14.9 Å². The largest absolute Gasteiger partial charge is 0.390 e. The molecule has 0 atom stereocenters. The van der Waals surface area contributed by atoms with Gasteiger partial charge in [0, 0.05) is 24.7 Å². The Morgan fingerprint density at radius 3 is 2.89 bits per heavy atom. The molecule has 1 amide bonds. The first-order valence-electron chi connectivity index (χ1n) is 6.36. The molecule has 0 radical (unpaired) electrons. The smallest absolute Gasteiger partial charge is 0.272 e. The van der Waals surface area contributed by atoms with Crippen LogP contribution >= 0.6 is 0 Å². The number of carbonyl (C=O) groups is 1. The molecule has 6 nitrogen and oxygen atoms in total. The average molecular weight is 260 g/mol. The van der Waals surface area contributed by atoms with E-state index >= 15 is 0 Å². The summed E-state index contributed by atoms with van der Waals surface area (Å²) in [5.74, 6) is -0.0907. The number of amides is 1. The number of carbonyl (C=O) groups excluding carboxylic acids is 1. The van der Waals surface area contributed by atoms with E-state index in [1.165, 1.54) is 0 Å². The van der Waals surface area contributed by atoms with E-state index in [4.69, 9.17) is 0 Å². The second-order valence-electron chi connectivity index (χ2n) is 5.32. The van der Waals surface area contributed by atoms with Crippen molar-refractivity contribution < 1.29 is 9.90 Å². The Kier molecular flexibility index (Phi) is 2.74. The molecule has 3 rings (SSSR count). The Morgan fingerprint density at radius 2 is 2.16 bits per heavy atom. The predicted molar refractivity (Wildman–Crippen MR) is 69.7 cm³/mol. The molecule has 2 aromatic rings. The highest BCUT2D eigenvalue weighted by Gasteiger charge is 2.30. The number of nitrogens with one attached hydrogen (secondary N) is 1. The normalized spacial score (nSPS) is 18.7. The standard InChI is InChI=1S/C13H16N4O2/c1-13(19)2-4-17(5-3-13)12(18)11-6-10-9(7-14-11)8-15-16-10/h6-8,19H,2-5H2,1H3,(H,15,16). The number of rotatable bonds is 1. The number of H-pyrrole nitrogens is 1. The van der Waals surface area contributed by atoms with E-state index in [0.29, 0.717) is 31.6 Å². The number of nitrogens with zero attached hydrogens (tertiary/aromatic N) is 3. The summed E-state index contributed by atoms with van der Waals surface area (Å²) in [6, 6.07) is 1.72. The molecule has 100 valence electrons. The molecule has 19 heavy (non-hydrogen) atoms. The van der Waals surface area contributed by atoms with Crippen LogP contribution in [-0.4, -0.2) is 49.8 Å². The maximum absolute atomic E-state index is 12.3. The molecule has 0 bridgehead atoms. The van der Waals surface area contributed by atoms with Crippen LogP contribution in [0.4, 0.5) is 0 Å². The monoisotopic (exact) mass is 260 g/mol. The minimum Gasteiger partial charge on any atom is -0.390 e. The van der Waals surface area contributed by atoms with Gasteiger partial charge in [-0.15, -0.1) is 0 Å². The van der Waals surface area contributed by atoms with Gasteiger partial charge in [0.15, 0.2) is 0 Å². The highest BCUT2D eigenvalue weighted by atomic mass is 16.3. The lowest BCUT2D eigenvalue weighted by atomic mass is 9.94. The molecular weight excluding hydrogens is 244 g/mol. The molecule has 0 aromatic carbocycles. The first kappa shape index (κ1) is 12.1. The lowest BCUT2D eigenvalue weighted by molar-refractivity contribution is -0.00218. The van der Waals surface area contributed by atoms with E-state index in [1.807, 2.05) is 6.92 Å². The summed E-state index contributed by atoms with van der Waals surface area (Å²) in [4.78, 5) is 18.2. The molecule has 1 aliphatic heterocycles. The van der Waals surface area contributed by atoms with Crippen LogP contribution in [-0.2, 0) is 0 Å². The summed E-state index contributed by atoms with van der Waals surface area (Å²) in [5.41, 5.74) is 0.568. The lowest BCUT2D eigenvalue weighted by Gasteiger charge is -2.35. The van der Waals surface area contributed by atoms with Crippen molar-refractivity contribution in [3.8, 4) is 0 Å². The number of hydrogen-bond donors (Lipinski definition) is 2. The van der Waals surface area contributed by atoms with Crippen LogP contribution in [0.1, 0.15) is 30.3 Å². The van der Waals surface area contributed by atoms with Crippen molar-refractivity contribution in [3.63, 3.8) is 0 Å².